The molecule has 4 aromatic carbocycles. The van der Waals surface area contributed by atoms with Gasteiger partial charge in [-0.25, -0.2) is 0 Å². The topological polar surface area (TPSA) is 329 Å². The number of phenolic OH excluding ortho intramolecular Hbond substituents is 2. The molecule has 0 radical (unpaired) electrons. The zero-order valence-electron chi connectivity index (χ0n) is 40.3. The number of fused-ring (bicyclic) bond motifs is 24. The maximum atomic E-state index is 13.5. The number of nitrogens with one attached hydrogen (secondary N) is 8. The number of benzene rings is 4. The molecule has 3 aliphatic rings. The van der Waals surface area contributed by atoms with Crippen LogP contribution < -0.4 is 48.3 Å². The van der Waals surface area contributed by atoms with E-state index in [0.717, 1.165) is 0 Å². The molecule has 23 nitrogen and oxygen atoms in total. The number of hydrogen-bond acceptors (Lipinski definition) is 15. The fraction of sp³-hybridized carbons (Fsp3) is 0.360. The second kappa shape index (κ2) is 26.9. The molecule has 23 heteroatoms. The average Bonchev–Trinajstić information content (AvgIpc) is 3.37. The number of amides is 8. The van der Waals surface area contributed by atoms with Crippen LogP contribution in [-0.4, -0.2) is 195 Å². The molecule has 0 saturated carbocycles. The van der Waals surface area contributed by atoms with Gasteiger partial charge < -0.3 is 63.6 Å². The molecule has 4 aromatic rings. The molecule has 73 heavy (non-hydrogen) atoms. The monoisotopic (exact) mass is 1010 g/mol. The van der Waals surface area contributed by atoms with E-state index >= 15 is 0 Å². The Kier molecular flexibility index (Phi) is 20.0. The van der Waals surface area contributed by atoms with Crippen molar-refractivity contribution in [3.05, 3.63) is 123 Å². The van der Waals surface area contributed by atoms with Crippen LogP contribution in [0, 0.1) is 0 Å². The van der Waals surface area contributed by atoms with Crippen molar-refractivity contribution >= 4 is 47.3 Å². The van der Waals surface area contributed by atoms with Crippen LogP contribution >= 0.6 is 0 Å². The van der Waals surface area contributed by atoms with Crippen molar-refractivity contribution in [2.24, 2.45) is 5.73 Å². The van der Waals surface area contributed by atoms with Gasteiger partial charge in [-0.15, -0.1) is 0 Å². The Morgan fingerprint density at radius 1 is 0.466 bits per heavy atom. The number of hydrogen-bond donors (Lipinski definition) is 12. The predicted octanol–water partition coefficient (Wildman–Crippen LogP) is -1.37. The third-order valence-corrected chi connectivity index (χ3v) is 12.2. The molecule has 7 rings (SSSR count). The van der Waals surface area contributed by atoms with Crippen molar-refractivity contribution in [1.29, 1.82) is 0 Å². The minimum atomic E-state index is -0.917. The van der Waals surface area contributed by atoms with Gasteiger partial charge in [0.25, 0.3) is 47.3 Å². The summed E-state index contributed by atoms with van der Waals surface area (Å²) in [4.78, 5) is 111. The van der Waals surface area contributed by atoms with Gasteiger partial charge in [0, 0.05) is 129 Å². The minimum Gasteiger partial charge on any atom is -0.506 e. The Hall–Kier alpha value is -8.12. The van der Waals surface area contributed by atoms with Gasteiger partial charge in [0.1, 0.15) is 17.2 Å². The second-order valence-electron chi connectivity index (χ2n) is 17.1. The molecular weight excluding hydrogens is 945 g/mol. The van der Waals surface area contributed by atoms with Crippen molar-refractivity contribution < 1.29 is 53.7 Å². The first kappa shape index (κ1) is 54.2. The van der Waals surface area contributed by atoms with Gasteiger partial charge in [-0.3, -0.25) is 53.1 Å². The summed E-state index contributed by atoms with van der Waals surface area (Å²) >= 11 is 0. The molecule has 0 aromatic heterocycles. The molecule has 3 aliphatic heterocycles. The Morgan fingerprint density at radius 3 is 1.38 bits per heavy atom. The number of para-hydroxylation sites is 3. The lowest BCUT2D eigenvalue weighted by Crippen LogP contribution is -2.46. The number of phenols is 3. The van der Waals surface area contributed by atoms with Crippen molar-refractivity contribution in [2.45, 2.75) is 0 Å². The highest BCUT2D eigenvalue weighted by atomic mass is 16.3. The molecule has 0 fully saturated rings. The van der Waals surface area contributed by atoms with Gasteiger partial charge in [-0.1, -0.05) is 24.3 Å². The molecule has 0 aliphatic carbocycles. The van der Waals surface area contributed by atoms with Crippen LogP contribution in [0.5, 0.6) is 17.2 Å². The molecule has 2 unspecified atom stereocenters. The van der Waals surface area contributed by atoms with Crippen molar-refractivity contribution in [1.82, 2.24) is 57.2 Å². The van der Waals surface area contributed by atoms with Crippen LogP contribution in [0.2, 0.25) is 0 Å². The number of carbonyl (C=O) groups is 8. The number of primary amides is 1. The number of carbonyl (C=O) groups excluding carboxylic acids is 8. The highest BCUT2D eigenvalue weighted by molar-refractivity contribution is 6.05. The predicted molar refractivity (Wildman–Crippen MR) is 268 cm³/mol. The molecule has 8 bridgehead atoms. The first-order valence-electron chi connectivity index (χ1n) is 23.9. The SMILES string of the molecule is NC(=O)c1cccc(C(=O)NCCN2CCNC(=O)c3cccc(c3O)C(=O)NCCNCCN3CCNC(=O)c4cccc(c4)C(=O)NCCN(CCNC(=O)c4cccc(c4O)C(=O)NCC3)CC2)c1O. The van der Waals surface area contributed by atoms with E-state index in [4.69, 9.17) is 5.73 Å². The van der Waals surface area contributed by atoms with E-state index in [0.29, 0.717) is 45.8 Å². The lowest BCUT2D eigenvalue weighted by Gasteiger charge is -2.28. The zero-order valence-corrected chi connectivity index (χ0v) is 40.3. The first-order chi connectivity index (χ1) is 35.2. The lowest BCUT2D eigenvalue weighted by molar-refractivity contribution is 0.0916. The van der Waals surface area contributed by atoms with Gasteiger partial charge in [0.2, 0.25) is 0 Å². The molecule has 13 N–H and O–H groups in total. The van der Waals surface area contributed by atoms with Crippen LogP contribution in [0.1, 0.15) is 82.9 Å². The van der Waals surface area contributed by atoms with Crippen LogP contribution in [0.15, 0.2) is 78.9 Å². The third-order valence-electron chi connectivity index (χ3n) is 12.2. The van der Waals surface area contributed by atoms with Gasteiger partial charge in [0.05, 0.1) is 33.4 Å². The number of nitrogens with zero attached hydrogens (tertiary/aromatic N) is 3. The lowest BCUT2D eigenvalue weighted by atomic mass is 10.1. The Balaban J connectivity index is 1.28. The van der Waals surface area contributed by atoms with Gasteiger partial charge in [-0.2, -0.15) is 0 Å². The molecule has 3 heterocycles. The zero-order chi connectivity index (χ0) is 52.3. The summed E-state index contributed by atoms with van der Waals surface area (Å²) in [5, 5.41) is 55.8. The molecular formula is C50H62N12O11. The van der Waals surface area contributed by atoms with E-state index < -0.39 is 64.5 Å². The normalized spacial score (nSPS) is 19.0. The van der Waals surface area contributed by atoms with Gasteiger partial charge in [-0.05, 0) is 54.6 Å². The summed E-state index contributed by atoms with van der Waals surface area (Å²) in [5.74, 6) is -6.49. The molecule has 8 amide bonds. The number of aromatic hydroxyl groups is 3. The Morgan fingerprint density at radius 2 is 0.877 bits per heavy atom. The van der Waals surface area contributed by atoms with E-state index in [2.05, 4.69) is 42.5 Å². The highest BCUT2D eigenvalue weighted by Gasteiger charge is 2.23. The second-order valence-corrected chi connectivity index (χ2v) is 17.1. The Labute approximate surface area is 421 Å². The van der Waals surface area contributed by atoms with E-state index in [1.54, 1.807) is 18.2 Å². The van der Waals surface area contributed by atoms with E-state index in [9.17, 15) is 53.7 Å². The summed E-state index contributed by atoms with van der Waals surface area (Å²) in [6, 6.07) is 18.9. The summed E-state index contributed by atoms with van der Waals surface area (Å²) < 4.78 is 0. The van der Waals surface area contributed by atoms with Crippen LogP contribution in [0.25, 0.3) is 0 Å². The van der Waals surface area contributed by atoms with Crippen LogP contribution in [0.3, 0.4) is 0 Å². The minimum absolute atomic E-state index is 0.0305. The fourth-order valence-electron chi connectivity index (χ4n) is 8.11. The van der Waals surface area contributed by atoms with Crippen molar-refractivity contribution in [3.8, 4) is 17.2 Å². The maximum absolute atomic E-state index is 13.5. The highest BCUT2D eigenvalue weighted by Crippen LogP contribution is 2.24. The average molecular weight is 1010 g/mol. The molecule has 388 valence electrons. The fourth-order valence-corrected chi connectivity index (χ4v) is 8.11. The van der Waals surface area contributed by atoms with Crippen molar-refractivity contribution in [3.63, 3.8) is 0 Å². The van der Waals surface area contributed by atoms with Crippen LogP contribution in [-0.2, 0) is 0 Å². The quantitative estimate of drug-likeness (QED) is 0.110. The summed E-state index contributed by atoms with van der Waals surface area (Å²) in [6.07, 6.45) is 0. The smallest absolute Gasteiger partial charge is 0.255 e. The summed E-state index contributed by atoms with van der Waals surface area (Å²) in [6.45, 7) is 4.11. The summed E-state index contributed by atoms with van der Waals surface area (Å²) in [5.41, 5.74) is 5.04. The number of nitrogens with two attached hydrogens (primary N) is 1. The van der Waals surface area contributed by atoms with E-state index in [1.165, 1.54) is 60.7 Å². The van der Waals surface area contributed by atoms with Gasteiger partial charge in [0.15, 0.2) is 0 Å². The van der Waals surface area contributed by atoms with Crippen LogP contribution in [0.4, 0.5) is 0 Å². The first-order valence-corrected chi connectivity index (χ1v) is 23.9. The molecule has 2 atom stereocenters. The Bertz CT molecular complexity index is 2670. The summed E-state index contributed by atoms with van der Waals surface area (Å²) in [7, 11) is 0. The standard InChI is InChI=1S/C50H62N12O11/c51-43(66)34-7-2-8-35(40(34)63)47(70)57-19-27-62-28-21-59-49(72)37-10-3-9-36(41(37)64)46(69)53-14-13-52-15-22-60-23-16-54-44(67)32-5-1-6-33(31-32)45(68)55-17-25-61(29-30-62)26-20-58-50(73)39-12-4-11-38(42(39)65)48(71)56-18-24-60/h1-12,31,52,63-65H,13-30H2,(H2,51,66)(H,53,69)(H,54,67)(H,55,68)(H,56,71)(H,57,70)(H,58,73)(H,59,72). The third kappa shape index (κ3) is 15.4. The van der Waals surface area contributed by atoms with E-state index in [-0.39, 0.29) is 116 Å². The molecule has 0 spiro atoms. The van der Waals surface area contributed by atoms with Gasteiger partial charge >= 0.3 is 0 Å². The molecule has 0 saturated heterocycles. The largest absolute Gasteiger partial charge is 0.506 e. The maximum Gasteiger partial charge on any atom is 0.255 e. The number of rotatable bonds is 5. The van der Waals surface area contributed by atoms with E-state index in [1.807, 2.05) is 14.7 Å². The van der Waals surface area contributed by atoms with Crippen molar-refractivity contribution in [2.75, 3.05) is 118 Å².